The molecular formula is C20H23NO4. The summed E-state index contributed by atoms with van der Waals surface area (Å²) in [4.78, 5) is 23.9. The Morgan fingerprint density at radius 1 is 1.00 bits per heavy atom. The minimum absolute atomic E-state index is 0.114. The topological polar surface area (TPSA) is 64.6 Å². The molecule has 0 aliphatic heterocycles. The minimum atomic E-state index is -0.444. The van der Waals surface area contributed by atoms with Gasteiger partial charge in [0.1, 0.15) is 5.75 Å². The lowest BCUT2D eigenvalue weighted by atomic mass is 10.1. The van der Waals surface area contributed by atoms with Crippen LogP contribution in [0.25, 0.3) is 0 Å². The molecular weight excluding hydrogens is 318 g/mol. The van der Waals surface area contributed by atoms with Crippen LogP contribution in [0.4, 0.5) is 5.69 Å². The normalized spacial score (nSPS) is 10.2. The zero-order valence-electron chi connectivity index (χ0n) is 14.8. The Labute approximate surface area is 148 Å². The fraction of sp³-hybridized carbons (Fsp3) is 0.300. The third-order valence-electron chi connectivity index (χ3n) is 3.69. The van der Waals surface area contributed by atoms with Crippen molar-refractivity contribution in [2.45, 2.75) is 27.2 Å². The first-order valence-electron chi connectivity index (χ1n) is 8.23. The van der Waals surface area contributed by atoms with Crippen LogP contribution in [-0.4, -0.2) is 25.1 Å². The van der Waals surface area contributed by atoms with Crippen LogP contribution in [0, 0.1) is 13.8 Å². The summed E-state index contributed by atoms with van der Waals surface area (Å²) < 4.78 is 10.4. The average Bonchev–Trinajstić information content (AvgIpc) is 2.58. The van der Waals surface area contributed by atoms with Gasteiger partial charge in [-0.3, -0.25) is 9.59 Å². The number of carbonyl (C=O) groups excluding carboxylic acids is 2. The van der Waals surface area contributed by atoms with E-state index in [-0.39, 0.29) is 18.9 Å². The van der Waals surface area contributed by atoms with Crippen molar-refractivity contribution in [3.05, 3.63) is 59.2 Å². The van der Waals surface area contributed by atoms with Crippen LogP contribution in [0.15, 0.2) is 42.5 Å². The van der Waals surface area contributed by atoms with Gasteiger partial charge in [-0.2, -0.15) is 0 Å². The molecule has 5 nitrogen and oxygen atoms in total. The molecule has 2 rings (SSSR count). The Hall–Kier alpha value is -2.82. The highest BCUT2D eigenvalue weighted by atomic mass is 16.5. The summed E-state index contributed by atoms with van der Waals surface area (Å²) in [6.07, 6.45) is 0.114. The van der Waals surface area contributed by atoms with E-state index in [0.29, 0.717) is 6.61 Å². The summed E-state index contributed by atoms with van der Waals surface area (Å²) in [7, 11) is 0. The average molecular weight is 341 g/mol. The molecule has 25 heavy (non-hydrogen) atoms. The molecule has 0 aliphatic rings. The lowest BCUT2D eigenvalue weighted by Gasteiger charge is -2.11. The van der Waals surface area contributed by atoms with Gasteiger partial charge in [0.05, 0.1) is 13.0 Å². The highest BCUT2D eigenvalue weighted by molar-refractivity contribution is 5.94. The number of para-hydroxylation sites is 1. The quantitative estimate of drug-likeness (QED) is 0.784. The number of esters is 1. The predicted octanol–water partition coefficient (Wildman–Crippen LogP) is 3.43. The summed E-state index contributed by atoms with van der Waals surface area (Å²) in [5, 5.41) is 2.79. The number of carbonyl (C=O) groups is 2. The Kier molecular flexibility index (Phi) is 6.57. The summed E-state index contributed by atoms with van der Waals surface area (Å²) in [6, 6.07) is 13.0. The largest absolute Gasteiger partial charge is 0.494 e. The van der Waals surface area contributed by atoms with Gasteiger partial charge >= 0.3 is 5.97 Å². The van der Waals surface area contributed by atoms with Gasteiger partial charge in [-0.15, -0.1) is 0 Å². The second kappa shape index (κ2) is 8.87. The number of nitrogens with one attached hydrogen (secondary N) is 1. The lowest BCUT2D eigenvalue weighted by molar-refractivity contribution is -0.146. The monoisotopic (exact) mass is 341 g/mol. The van der Waals surface area contributed by atoms with Crippen LogP contribution in [-0.2, 0) is 20.7 Å². The summed E-state index contributed by atoms with van der Waals surface area (Å²) in [5.41, 5.74) is 3.50. The molecule has 1 N–H and O–H groups in total. The predicted molar refractivity (Wildman–Crippen MR) is 96.8 cm³/mol. The van der Waals surface area contributed by atoms with Crippen molar-refractivity contribution in [1.29, 1.82) is 0 Å². The zero-order valence-corrected chi connectivity index (χ0v) is 14.8. The van der Waals surface area contributed by atoms with Gasteiger partial charge in [-0.1, -0.05) is 30.3 Å². The summed E-state index contributed by atoms with van der Waals surface area (Å²) in [5.74, 6) is -0.0362. The maximum absolute atomic E-state index is 12.0. The van der Waals surface area contributed by atoms with Gasteiger partial charge in [-0.05, 0) is 49.6 Å². The molecule has 0 fully saturated rings. The maximum atomic E-state index is 12.0. The van der Waals surface area contributed by atoms with Crippen LogP contribution in [0.2, 0.25) is 0 Å². The first kappa shape index (κ1) is 18.5. The van der Waals surface area contributed by atoms with Crippen molar-refractivity contribution in [1.82, 2.24) is 0 Å². The van der Waals surface area contributed by atoms with E-state index in [0.717, 1.165) is 28.1 Å². The second-order valence-corrected chi connectivity index (χ2v) is 5.73. The Bertz CT molecular complexity index is 718. The van der Waals surface area contributed by atoms with Gasteiger partial charge < -0.3 is 14.8 Å². The molecule has 0 heterocycles. The molecule has 0 aromatic heterocycles. The van der Waals surface area contributed by atoms with E-state index in [4.69, 9.17) is 9.47 Å². The number of ether oxygens (including phenoxy) is 2. The molecule has 0 radical (unpaired) electrons. The molecule has 0 saturated carbocycles. The smallest absolute Gasteiger partial charge is 0.310 e. The van der Waals surface area contributed by atoms with E-state index in [1.807, 2.05) is 51.1 Å². The third kappa shape index (κ3) is 5.64. The van der Waals surface area contributed by atoms with Crippen molar-refractivity contribution in [2.24, 2.45) is 0 Å². The standard InChI is InChI=1S/C20H23NO4/c1-4-24-17-10-8-16(9-11-17)12-19(23)25-13-18(22)21-20-14(2)6-5-7-15(20)3/h5-11H,4,12-13H2,1-3H3,(H,21,22). The number of hydrogen-bond acceptors (Lipinski definition) is 4. The molecule has 1 amide bonds. The number of hydrogen-bond donors (Lipinski definition) is 1. The molecule has 0 saturated heterocycles. The van der Waals surface area contributed by atoms with E-state index in [9.17, 15) is 9.59 Å². The van der Waals surface area contributed by atoms with E-state index >= 15 is 0 Å². The lowest BCUT2D eigenvalue weighted by Crippen LogP contribution is -2.22. The maximum Gasteiger partial charge on any atom is 0.310 e. The van der Waals surface area contributed by atoms with E-state index < -0.39 is 5.97 Å². The first-order valence-corrected chi connectivity index (χ1v) is 8.23. The van der Waals surface area contributed by atoms with Gasteiger partial charge in [0.15, 0.2) is 6.61 Å². The molecule has 0 bridgehead atoms. The van der Waals surface area contributed by atoms with Gasteiger partial charge in [-0.25, -0.2) is 0 Å². The fourth-order valence-corrected chi connectivity index (χ4v) is 2.42. The Morgan fingerprint density at radius 2 is 1.64 bits per heavy atom. The first-order chi connectivity index (χ1) is 12.0. The van der Waals surface area contributed by atoms with Crippen molar-refractivity contribution < 1.29 is 19.1 Å². The van der Waals surface area contributed by atoms with E-state index in [2.05, 4.69) is 5.32 Å². The highest BCUT2D eigenvalue weighted by Gasteiger charge is 2.11. The van der Waals surface area contributed by atoms with Crippen molar-refractivity contribution in [3.63, 3.8) is 0 Å². The van der Waals surface area contributed by atoms with Crippen molar-refractivity contribution in [3.8, 4) is 5.75 Å². The number of benzene rings is 2. The third-order valence-corrected chi connectivity index (χ3v) is 3.69. The highest BCUT2D eigenvalue weighted by Crippen LogP contribution is 2.19. The molecule has 132 valence electrons. The Morgan fingerprint density at radius 3 is 2.24 bits per heavy atom. The molecule has 0 spiro atoms. The van der Waals surface area contributed by atoms with E-state index in [1.54, 1.807) is 12.1 Å². The molecule has 2 aromatic carbocycles. The Balaban J connectivity index is 1.82. The van der Waals surface area contributed by atoms with Crippen LogP contribution >= 0.6 is 0 Å². The molecule has 0 atom stereocenters. The SMILES string of the molecule is CCOc1ccc(CC(=O)OCC(=O)Nc2c(C)cccc2C)cc1. The minimum Gasteiger partial charge on any atom is -0.494 e. The van der Waals surface area contributed by atoms with Crippen LogP contribution in [0.3, 0.4) is 0 Å². The van der Waals surface area contributed by atoms with Crippen molar-refractivity contribution in [2.75, 3.05) is 18.5 Å². The van der Waals surface area contributed by atoms with Crippen molar-refractivity contribution >= 4 is 17.6 Å². The number of anilines is 1. The molecule has 0 aliphatic carbocycles. The zero-order chi connectivity index (χ0) is 18.2. The summed E-state index contributed by atoms with van der Waals surface area (Å²) >= 11 is 0. The molecule has 5 heteroatoms. The summed E-state index contributed by atoms with van der Waals surface area (Å²) in [6.45, 7) is 6.04. The van der Waals surface area contributed by atoms with Crippen LogP contribution < -0.4 is 10.1 Å². The van der Waals surface area contributed by atoms with E-state index in [1.165, 1.54) is 0 Å². The van der Waals surface area contributed by atoms with Crippen LogP contribution in [0.5, 0.6) is 5.75 Å². The fourth-order valence-electron chi connectivity index (χ4n) is 2.42. The number of aryl methyl sites for hydroxylation is 2. The number of rotatable bonds is 7. The molecule has 2 aromatic rings. The van der Waals surface area contributed by atoms with Gasteiger partial charge in [0, 0.05) is 5.69 Å². The van der Waals surface area contributed by atoms with Gasteiger partial charge in [0.2, 0.25) is 0 Å². The molecule has 0 unspecified atom stereocenters. The van der Waals surface area contributed by atoms with Gasteiger partial charge in [0.25, 0.3) is 5.91 Å². The number of amides is 1. The second-order valence-electron chi connectivity index (χ2n) is 5.73. The van der Waals surface area contributed by atoms with Crippen LogP contribution in [0.1, 0.15) is 23.6 Å².